The number of hydrogen-bond donors (Lipinski definition) is 0. The average Bonchev–Trinajstić information content (AvgIpc) is 2.58. The van der Waals surface area contributed by atoms with Crippen LogP contribution in [0.25, 0.3) is 11.1 Å². The predicted molar refractivity (Wildman–Crippen MR) is 62.1 cm³/mol. The Morgan fingerprint density at radius 1 is 1.07 bits per heavy atom. The molecule has 0 saturated heterocycles. The minimum Gasteiger partial charge on any atom is -0.497 e. The number of aryl methyl sites for hydroxylation is 2. The molecule has 0 fully saturated rings. The summed E-state index contributed by atoms with van der Waals surface area (Å²) >= 11 is 0. The van der Waals surface area contributed by atoms with Gasteiger partial charge in [-0.25, -0.2) is 0 Å². The van der Waals surface area contributed by atoms with Crippen LogP contribution in [-0.2, 0) is 7.05 Å². The smallest absolute Gasteiger partial charge is 0.118 e. The van der Waals surface area contributed by atoms with Crippen molar-refractivity contribution in [3.63, 3.8) is 0 Å². The van der Waals surface area contributed by atoms with Gasteiger partial charge >= 0.3 is 0 Å². The number of methoxy groups -OCH3 is 1. The molecule has 0 aliphatic carbocycles. The Morgan fingerprint density at radius 2 is 1.73 bits per heavy atom. The van der Waals surface area contributed by atoms with Gasteiger partial charge in [-0.2, -0.15) is 0 Å². The van der Waals surface area contributed by atoms with Gasteiger partial charge in [0.05, 0.1) is 7.11 Å². The monoisotopic (exact) mass is 201 g/mol. The topological polar surface area (TPSA) is 14.2 Å². The van der Waals surface area contributed by atoms with Crippen LogP contribution in [0.5, 0.6) is 5.75 Å². The number of benzene rings is 1. The molecule has 2 heteroatoms. The van der Waals surface area contributed by atoms with Crippen molar-refractivity contribution in [1.82, 2.24) is 4.57 Å². The molecular formula is C13H15NO. The highest BCUT2D eigenvalue weighted by atomic mass is 16.5. The fourth-order valence-corrected chi connectivity index (χ4v) is 1.79. The van der Waals surface area contributed by atoms with Gasteiger partial charge in [-0.1, -0.05) is 12.1 Å². The fraction of sp³-hybridized carbons (Fsp3) is 0.231. The molecule has 0 N–H and O–H groups in total. The zero-order valence-corrected chi connectivity index (χ0v) is 9.32. The van der Waals surface area contributed by atoms with Crippen molar-refractivity contribution in [2.45, 2.75) is 6.92 Å². The summed E-state index contributed by atoms with van der Waals surface area (Å²) in [4.78, 5) is 0. The van der Waals surface area contributed by atoms with E-state index in [1.165, 1.54) is 16.7 Å². The maximum atomic E-state index is 5.14. The third kappa shape index (κ3) is 1.89. The van der Waals surface area contributed by atoms with Gasteiger partial charge in [0, 0.05) is 25.0 Å². The van der Waals surface area contributed by atoms with Gasteiger partial charge in [0.1, 0.15) is 5.75 Å². The van der Waals surface area contributed by atoms with Crippen molar-refractivity contribution in [3.05, 3.63) is 42.2 Å². The van der Waals surface area contributed by atoms with Crippen LogP contribution in [0.1, 0.15) is 5.56 Å². The van der Waals surface area contributed by atoms with Crippen LogP contribution in [0, 0.1) is 6.92 Å². The molecular weight excluding hydrogens is 186 g/mol. The lowest BCUT2D eigenvalue weighted by Crippen LogP contribution is -1.82. The summed E-state index contributed by atoms with van der Waals surface area (Å²) in [7, 11) is 3.72. The van der Waals surface area contributed by atoms with Gasteiger partial charge < -0.3 is 9.30 Å². The van der Waals surface area contributed by atoms with Crippen molar-refractivity contribution in [2.75, 3.05) is 7.11 Å². The fourth-order valence-electron chi connectivity index (χ4n) is 1.79. The van der Waals surface area contributed by atoms with E-state index in [2.05, 4.69) is 36.0 Å². The van der Waals surface area contributed by atoms with E-state index in [0.717, 1.165) is 5.75 Å². The molecule has 2 rings (SSSR count). The van der Waals surface area contributed by atoms with Crippen LogP contribution >= 0.6 is 0 Å². The molecule has 0 saturated carbocycles. The van der Waals surface area contributed by atoms with Crippen molar-refractivity contribution >= 4 is 0 Å². The Bertz CT molecular complexity index is 454. The molecule has 0 spiro atoms. The summed E-state index contributed by atoms with van der Waals surface area (Å²) < 4.78 is 7.21. The minimum atomic E-state index is 0.896. The number of ether oxygens (including phenoxy) is 1. The molecule has 0 atom stereocenters. The standard InChI is InChI=1S/C13H15NO/c1-10-8-14(2)9-13(10)11-4-6-12(15-3)7-5-11/h4-9H,1-3H3. The summed E-state index contributed by atoms with van der Waals surface area (Å²) in [5.41, 5.74) is 3.80. The zero-order valence-electron chi connectivity index (χ0n) is 9.32. The van der Waals surface area contributed by atoms with Gasteiger partial charge in [0.25, 0.3) is 0 Å². The molecule has 1 heterocycles. The van der Waals surface area contributed by atoms with Crippen LogP contribution < -0.4 is 4.74 Å². The molecule has 0 unspecified atom stereocenters. The van der Waals surface area contributed by atoms with Crippen molar-refractivity contribution in [1.29, 1.82) is 0 Å². The lowest BCUT2D eigenvalue weighted by atomic mass is 10.1. The molecule has 2 nitrogen and oxygen atoms in total. The highest BCUT2D eigenvalue weighted by Crippen LogP contribution is 2.25. The molecule has 1 aromatic carbocycles. The molecule has 0 radical (unpaired) electrons. The first-order chi connectivity index (χ1) is 7.20. The first-order valence-electron chi connectivity index (χ1n) is 4.97. The number of rotatable bonds is 2. The van der Waals surface area contributed by atoms with Gasteiger partial charge in [0.15, 0.2) is 0 Å². The van der Waals surface area contributed by atoms with Gasteiger partial charge in [-0.15, -0.1) is 0 Å². The maximum Gasteiger partial charge on any atom is 0.118 e. The first-order valence-corrected chi connectivity index (χ1v) is 4.97. The molecule has 15 heavy (non-hydrogen) atoms. The number of nitrogens with zero attached hydrogens (tertiary/aromatic N) is 1. The Balaban J connectivity index is 2.41. The van der Waals surface area contributed by atoms with Crippen LogP contribution in [-0.4, -0.2) is 11.7 Å². The molecule has 0 aliphatic heterocycles. The normalized spacial score (nSPS) is 10.3. The van der Waals surface area contributed by atoms with E-state index in [1.54, 1.807) is 7.11 Å². The third-order valence-corrected chi connectivity index (χ3v) is 2.56. The molecule has 0 aliphatic rings. The minimum absolute atomic E-state index is 0.896. The van der Waals surface area contributed by atoms with Crippen molar-refractivity contribution in [2.24, 2.45) is 7.05 Å². The van der Waals surface area contributed by atoms with Gasteiger partial charge in [0.2, 0.25) is 0 Å². The molecule has 1 aromatic heterocycles. The van der Waals surface area contributed by atoms with Gasteiger partial charge in [-0.05, 0) is 30.2 Å². The summed E-state index contributed by atoms with van der Waals surface area (Å²) in [6.45, 7) is 2.12. The maximum absolute atomic E-state index is 5.14. The summed E-state index contributed by atoms with van der Waals surface area (Å²) in [6.07, 6.45) is 4.26. The second-order valence-corrected chi connectivity index (χ2v) is 3.75. The van der Waals surface area contributed by atoms with Gasteiger partial charge in [-0.3, -0.25) is 0 Å². The van der Waals surface area contributed by atoms with E-state index in [0.29, 0.717) is 0 Å². The highest BCUT2D eigenvalue weighted by Gasteiger charge is 2.03. The lowest BCUT2D eigenvalue weighted by molar-refractivity contribution is 0.415. The second-order valence-electron chi connectivity index (χ2n) is 3.75. The van der Waals surface area contributed by atoms with Crippen molar-refractivity contribution in [3.8, 4) is 16.9 Å². The number of hydrogen-bond acceptors (Lipinski definition) is 1. The van der Waals surface area contributed by atoms with E-state index in [1.807, 2.05) is 19.2 Å². The van der Waals surface area contributed by atoms with E-state index in [4.69, 9.17) is 4.74 Å². The van der Waals surface area contributed by atoms with E-state index >= 15 is 0 Å². The summed E-state index contributed by atoms with van der Waals surface area (Å²) in [5.74, 6) is 0.896. The van der Waals surface area contributed by atoms with Crippen LogP contribution in [0.3, 0.4) is 0 Å². The summed E-state index contributed by atoms with van der Waals surface area (Å²) in [6, 6.07) is 8.14. The van der Waals surface area contributed by atoms with Crippen LogP contribution in [0.15, 0.2) is 36.7 Å². The van der Waals surface area contributed by atoms with Crippen LogP contribution in [0.2, 0.25) is 0 Å². The molecule has 0 amide bonds. The first kappa shape index (κ1) is 9.84. The Hall–Kier alpha value is -1.70. The van der Waals surface area contributed by atoms with Crippen molar-refractivity contribution < 1.29 is 4.74 Å². The Kier molecular flexibility index (Phi) is 2.50. The molecule has 78 valence electrons. The van der Waals surface area contributed by atoms with E-state index in [9.17, 15) is 0 Å². The van der Waals surface area contributed by atoms with E-state index < -0.39 is 0 Å². The largest absolute Gasteiger partial charge is 0.497 e. The number of aromatic nitrogens is 1. The zero-order chi connectivity index (χ0) is 10.8. The third-order valence-electron chi connectivity index (χ3n) is 2.56. The molecule has 0 bridgehead atoms. The predicted octanol–water partition coefficient (Wildman–Crippen LogP) is 3.01. The molecule has 2 aromatic rings. The Morgan fingerprint density at radius 3 is 2.20 bits per heavy atom. The lowest BCUT2D eigenvalue weighted by Gasteiger charge is -2.02. The SMILES string of the molecule is COc1ccc(-c2cn(C)cc2C)cc1. The average molecular weight is 201 g/mol. The second kappa shape index (κ2) is 3.81. The van der Waals surface area contributed by atoms with Crippen LogP contribution in [0.4, 0.5) is 0 Å². The van der Waals surface area contributed by atoms with E-state index in [-0.39, 0.29) is 0 Å². The summed E-state index contributed by atoms with van der Waals surface area (Å²) in [5, 5.41) is 0. The Labute approximate surface area is 90.1 Å². The quantitative estimate of drug-likeness (QED) is 0.728. The highest BCUT2D eigenvalue weighted by molar-refractivity contribution is 5.67.